The van der Waals surface area contributed by atoms with E-state index in [2.05, 4.69) is 42.2 Å². The summed E-state index contributed by atoms with van der Waals surface area (Å²) in [6.45, 7) is 5.70. The molecule has 5 nitrogen and oxygen atoms in total. The lowest BCUT2D eigenvalue weighted by molar-refractivity contribution is -0.131. The average molecular weight is 443 g/mol. The lowest BCUT2D eigenvalue weighted by Gasteiger charge is -2.31. The van der Waals surface area contributed by atoms with Crippen LogP contribution in [0.25, 0.3) is 0 Å². The molecule has 0 aromatic heterocycles. The summed E-state index contributed by atoms with van der Waals surface area (Å²) in [6, 6.07) is 14.7. The van der Waals surface area contributed by atoms with E-state index in [1.165, 1.54) is 18.4 Å². The van der Waals surface area contributed by atoms with Crippen molar-refractivity contribution in [2.45, 2.75) is 58.2 Å². The number of carbonyl (C=O) groups is 1. The van der Waals surface area contributed by atoms with Gasteiger partial charge in [0.2, 0.25) is 12.7 Å². The van der Waals surface area contributed by atoms with E-state index in [-0.39, 0.29) is 12.7 Å². The number of nitrogens with zero attached hydrogens (tertiary/aromatic N) is 2. The molecule has 1 saturated heterocycles. The minimum Gasteiger partial charge on any atom is -0.454 e. The molecule has 0 spiro atoms. The molecule has 0 bridgehead atoms. The van der Waals surface area contributed by atoms with Crippen molar-refractivity contribution in [2.24, 2.45) is 0 Å². The molecule has 0 unspecified atom stereocenters. The molecule has 0 saturated carbocycles. The second-order valence-electron chi connectivity index (χ2n) is 8.40. The van der Waals surface area contributed by atoms with E-state index in [0.29, 0.717) is 35.5 Å². The number of amides is 1. The van der Waals surface area contributed by atoms with Crippen LogP contribution in [0.1, 0.15) is 50.2 Å². The number of unbranched alkanes of at least 4 members (excludes halogenated alkanes) is 1. The molecule has 1 atom stereocenters. The maximum Gasteiger partial charge on any atom is 0.231 e. The predicted octanol–water partition coefficient (Wildman–Crippen LogP) is 5.25. The summed E-state index contributed by atoms with van der Waals surface area (Å²) in [5.41, 5.74) is 2.24. The molecule has 6 heteroatoms. The van der Waals surface area contributed by atoms with Gasteiger partial charge in [0.25, 0.3) is 0 Å². The van der Waals surface area contributed by atoms with Crippen LogP contribution in [-0.2, 0) is 17.9 Å². The predicted molar refractivity (Wildman–Crippen MR) is 122 cm³/mol. The van der Waals surface area contributed by atoms with Crippen LogP contribution < -0.4 is 9.47 Å². The smallest absolute Gasteiger partial charge is 0.231 e. The lowest BCUT2D eigenvalue weighted by Crippen LogP contribution is -2.36. The van der Waals surface area contributed by atoms with E-state index < -0.39 is 0 Å². The molecule has 0 radical (unpaired) electrons. The highest BCUT2D eigenvalue weighted by molar-refractivity contribution is 6.31. The molecule has 0 aliphatic carbocycles. The van der Waals surface area contributed by atoms with E-state index in [9.17, 15) is 4.79 Å². The standard InChI is InChI=1S/C25H31ClN2O3/c1-2-3-12-27(16-19-7-5-4-6-8-19)21-9-10-25(29)28(13-11-21)17-20-14-23-24(15-22(20)26)31-18-30-23/h4-8,14-15,21H,2-3,9-13,16-18H2,1H3/t21-/m1/s1. The number of rotatable bonds is 8. The Labute approximate surface area is 189 Å². The van der Waals surface area contributed by atoms with Gasteiger partial charge in [-0.15, -0.1) is 0 Å². The molecule has 2 heterocycles. The molecule has 1 fully saturated rings. The molecular weight excluding hydrogens is 412 g/mol. The van der Waals surface area contributed by atoms with Crippen molar-refractivity contribution in [1.29, 1.82) is 0 Å². The number of benzene rings is 2. The van der Waals surface area contributed by atoms with Gasteiger partial charge >= 0.3 is 0 Å². The lowest BCUT2D eigenvalue weighted by atomic mass is 10.1. The zero-order valence-electron chi connectivity index (χ0n) is 18.2. The van der Waals surface area contributed by atoms with Gasteiger partial charge in [0.1, 0.15) is 0 Å². The van der Waals surface area contributed by atoms with Gasteiger partial charge in [-0.25, -0.2) is 0 Å². The SMILES string of the molecule is CCCCN(Cc1ccccc1)[C@@H]1CCC(=O)N(Cc2cc3c(cc2Cl)OCO3)CC1. The highest BCUT2D eigenvalue weighted by atomic mass is 35.5. The van der Waals surface area contributed by atoms with E-state index in [1.54, 1.807) is 6.07 Å². The second-order valence-corrected chi connectivity index (χ2v) is 8.81. The molecule has 2 aromatic carbocycles. The van der Waals surface area contributed by atoms with Crippen molar-refractivity contribution in [3.63, 3.8) is 0 Å². The van der Waals surface area contributed by atoms with Crippen LogP contribution in [0.4, 0.5) is 0 Å². The van der Waals surface area contributed by atoms with Crippen molar-refractivity contribution in [3.05, 3.63) is 58.6 Å². The first kappa shape index (κ1) is 22.0. The maximum absolute atomic E-state index is 12.9. The van der Waals surface area contributed by atoms with Gasteiger partial charge < -0.3 is 14.4 Å². The van der Waals surface area contributed by atoms with Gasteiger partial charge in [0.15, 0.2) is 11.5 Å². The van der Waals surface area contributed by atoms with Crippen LogP contribution in [0.3, 0.4) is 0 Å². The first-order valence-corrected chi connectivity index (χ1v) is 11.7. The third-order valence-corrected chi connectivity index (χ3v) is 6.57. The Balaban J connectivity index is 1.43. The highest BCUT2D eigenvalue weighted by Gasteiger charge is 2.27. The molecule has 2 aliphatic rings. The Morgan fingerprint density at radius 3 is 2.68 bits per heavy atom. The molecule has 31 heavy (non-hydrogen) atoms. The average Bonchev–Trinajstić information content (AvgIpc) is 3.15. The van der Waals surface area contributed by atoms with Crippen LogP contribution >= 0.6 is 11.6 Å². The van der Waals surface area contributed by atoms with Gasteiger partial charge in [0, 0.05) is 43.2 Å². The minimum absolute atomic E-state index is 0.200. The molecule has 4 rings (SSSR count). The zero-order valence-corrected chi connectivity index (χ0v) is 18.9. The molecule has 0 N–H and O–H groups in total. The van der Waals surface area contributed by atoms with Gasteiger partial charge in [-0.1, -0.05) is 55.3 Å². The fraction of sp³-hybridized carbons (Fsp3) is 0.480. The van der Waals surface area contributed by atoms with Crippen LogP contribution in [0.15, 0.2) is 42.5 Å². The van der Waals surface area contributed by atoms with E-state index in [0.717, 1.165) is 38.0 Å². The Bertz CT molecular complexity index is 890. The van der Waals surface area contributed by atoms with Gasteiger partial charge in [-0.2, -0.15) is 0 Å². The van der Waals surface area contributed by atoms with Gasteiger partial charge in [-0.3, -0.25) is 9.69 Å². The van der Waals surface area contributed by atoms with Crippen LogP contribution in [0, 0.1) is 0 Å². The van der Waals surface area contributed by atoms with Gasteiger partial charge in [-0.05, 0) is 43.0 Å². The van der Waals surface area contributed by atoms with E-state index >= 15 is 0 Å². The fourth-order valence-electron chi connectivity index (χ4n) is 4.41. The Morgan fingerprint density at radius 2 is 1.90 bits per heavy atom. The maximum atomic E-state index is 12.9. The van der Waals surface area contributed by atoms with Crippen molar-refractivity contribution >= 4 is 17.5 Å². The summed E-state index contributed by atoms with van der Waals surface area (Å²) in [7, 11) is 0. The van der Waals surface area contributed by atoms with Gasteiger partial charge in [0.05, 0.1) is 0 Å². The molecule has 1 amide bonds. The van der Waals surface area contributed by atoms with Crippen molar-refractivity contribution in [3.8, 4) is 11.5 Å². The number of hydrogen-bond acceptors (Lipinski definition) is 4. The number of likely N-dealkylation sites (tertiary alicyclic amines) is 1. The van der Waals surface area contributed by atoms with Crippen molar-refractivity contribution in [1.82, 2.24) is 9.80 Å². The molecular formula is C25H31ClN2O3. The summed E-state index contributed by atoms with van der Waals surface area (Å²) < 4.78 is 10.9. The number of carbonyl (C=O) groups excluding carboxylic acids is 1. The molecule has 2 aliphatic heterocycles. The van der Waals surface area contributed by atoms with Crippen LogP contribution in [0.5, 0.6) is 11.5 Å². The minimum atomic E-state index is 0.200. The van der Waals surface area contributed by atoms with Crippen molar-refractivity contribution in [2.75, 3.05) is 19.9 Å². The summed E-state index contributed by atoms with van der Waals surface area (Å²) in [5, 5.41) is 0.617. The quantitative estimate of drug-likeness (QED) is 0.559. The summed E-state index contributed by atoms with van der Waals surface area (Å²) >= 11 is 6.46. The normalized spacial score (nSPS) is 18.5. The molecule has 166 valence electrons. The first-order valence-electron chi connectivity index (χ1n) is 11.3. The first-order chi connectivity index (χ1) is 15.1. The van der Waals surface area contributed by atoms with E-state index in [1.807, 2.05) is 11.0 Å². The number of halogens is 1. The third-order valence-electron chi connectivity index (χ3n) is 6.22. The number of ether oxygens (including phenoxy) is 2. The van der Waals surface area contributed by atoms with Crippen LogP contribution in [0.2, 0.25) is 5.02 Å². The Morgan fingerprint density at radius 1 is 1.13 bits per heavy atom. The topological polar surface area (TPSA) is 42.0 Å². The van der Waals surface area contributed by atoms with Crippen molar-refractivity contribution < 1.29 is 14.3 Å². The number of hydrogen-bond donors (Lipinski definition) is 0. The third kappa shape index (κ3) is 5.52. The summed E-state index contributed by atoms with van der Waals surface area (Å²) in [5.74, 6) is 1.57. The number of fused-ring (bicyclic) bond motifs is 1. The summed E-state index contributed by atoms with van der Waals surface area (Å²) in [6.07, 6.45) is 4.80. The fourth-order valence-corrected chi connectivity index (χ4v) is 4.62. The largest absolute Gasteiger partial charge is 0.454 e. The van der Waals surface area contributed by atoms with Crippen LogP contribution in [-0.4, -0.2) is 41.6 Å². The Kier molecular flexibility index (Phi) is 7.36. The highest BCUT2D eigenvalue weighted by Crippen LogP contribution is 2.37. The Hall–Kier alpha value is -2.24. The zero-order chi connectivity index (χ0) is 21.6. The molecule has 2 aromatic rings. The second kappa shape index (κ2) is 10.4. The summed E-state index contributed by atoms with van der Waals surface area (Å²) in [4.78, 5) is 17.4. The van der Waals surface area contributed by atoms with E-state index in [4.69, 9.17) is 21.1 Å². The monoisotopic (exact) mass is 442 g/mol.